The van der Waals surface area contributed by atoms with Crippen molar-refractivity contribution in [3.05, 3.63) is 23.3 Å². The Kier molecular flexibility index (Phi) is 7.06. The largest absolute Gasteiger partial charge is 0.469 e. The van der Waals surface area contributed by atoms with E-state index in [9.17, 15) is 4.79 Å². The molecule has 1 saturated heterocycles. The van der Waals surface area contributed by atoms with Gasteiger partial charge in [-0.1, -0.05) is 20.8 Å². The molecule has 162 valence electrons. The van der Waals surface area contributed by atoms with E-state index in [4.69, 9.17) is 19.9 Å². The van der Waals surface area contributed by atoms with Gasteiger partial charge < -0.3 is 25.3 Å². The fourth-order valence-electron chi connectivity index (χ4n) is 5.00. The van der Waals surface area contributed by atoms with E-state index in [1.54, 1.807) is 0 Å². The van der Waals surface area contributed by atoms with Crippen molar-refractivity contribution < 1.29 is 19.0 Å². The molecule has 29 heavy (non-hydrogen) atoms. The number of hydrogen-bond acceptors (Lipinski definition) is 6. The maximum Gasteiger partial charge on any atom is 0.305 e. The predicted octanol–water partition coefficient (Wildman–Crippen LogP) is 4.09. The Morgan fingerprint density at radius 3 is 2.76 bits per heavy atom. The Balaban J connectivity index is 1.84. The van der Waals surface area contributed by atoms with Gasteiger partial charge >= 0.3 is 5.97 Å². The highest BCUT2D eigenvalue weighted by atomic mass is 16.6. The van der Waals surface area contributed by atoms with Gasteiger partial charge in [-0.05, 0) is 60.3 Å². The minimum absolute atomic E-state index is 0.140. The molecule has 1 aliphatic carbocycles. The zero-order valence-corrected chi connectivity index (χ0v) is 18.3. The van der Waals surface area contributed by atoms with Gasteiger partial charge in [0.15, 0.2) is 0 Å². The number of anilines is 2. The van der Waals surface area contributed by atoms with E-state index >= 15 is 0 Å². The predicted molar refractivity (Wildman–Crippen MR) is 115 cm³/mol. The molecule has 6 nitrogen and oxygen atoms in total. The number of esters is 1. The number of nitrogen functional groups attached to an aromatic ring is 1. The van der Waals surface area contributed by atoms with Crippen LogP contribution in [0.1, 0.15) is 63.7 Å². The molecule has 1 aromatic carbocycles. The third kappa shape index (κ3) is 5.86. The monoisotopic (exact) mass is 404 g/mol. The fourth-order valence-corrected chi connectivity index (χ4v) is 5.00. The third-order valence-electron chi connectivity index (χ3n) is 6.05. The van der Waals surface area contributed by atoms with Crippen LogP contribution in [0.5, 0.6) is 0 Å². The smallest absolute Gasteiger partial charge is 0.305 e. The molecule has 1 heterocycles. The van der Waals surface area contributed by atoms with Crippen LogP contribution in [0.25, 0.3) is 0 Å². The van der Waals surface area contributed by atoms with Crippen molar-refractivity contribution in [1.82, 2.24) is 0 Å². The van der Waals surface area contributed by atoms with Crippen LogP contribution in [0.15, 0.2) is 12.1 Å². The summed E-state index contributed by atoms with van der Waals surface area (Å²) in [7, 11) is 1.41. The summed E-state index contributed by atoms with van der Waals surface area (Å²) in [5, 5.41) is 3.70. The van der Waals surface area contributed by atoms with Crippen molar-refractivity contribution in [1.29, 1.82) is 0 Å². The number of carbonyl (C=O) groups excluding carboxylic acids is 1. The van der Waals surface area contributed by atoms with Gasteiger partial charge in [-0.3, -0.25) is 4.79 Å². The molecule has 1 aromatic rings. The summed E-state index contributed by atoms with van der Waals surface area (Å²) in [6.45, 7) is 8.71. The molecule has 1 saturated carbocycles. The molecule has 2 unspecified atom stereocenters. The first-order chi connectivity index (χ1) is 13.8. The molecule has 3 atom stereocenters. The fraction of sp³-hybridized carbons (Fsp3) is 0.696. The van der Waals surface area contributed by atoms with Gasteiger partial charge in [0.25, 0.3) is 0 Å². The first-order valence-electron chi connectivity index (χ1n) is 10.7. The minimum Gasteiger partial charge on any atom is -0.469 e. The normalized spacial score (nSPS) is 26.7. The topological polar surface area (TPSA) is 82.8 Å². The molecule has 2 aliphatic rings. The van der Waals surface area contributed by atoms with E-state index < -0.39 is 0 Å². The number of hydrogen-bond donors (Lipinski definition) is 2. The number of ether oxygens (including phenoxy) is 3. The van der Waals surface area contributed by atoms with Gasteiger partial charge in [0.1, 0.15) is 6.10 Å². The number of nitrogens with one attached hydrogen (secondary N) is 1. The van der Waals surface area contributed by atoms with Crippen LogP contribution in [-0.2, 0) is 25.4 Å². The minimum atomic E-state index is -0.226. The van der Waals surface area contributed by atoms with Crippen LogP contribution in [0.3, 0.4) is 0 Å². The van der Waals surface area contributed by atoms with Crippen molar-refractivity contribution in [2.45, 2.75) is 65.0 Å². The van der Waals surface area contributed by atoms with Gasteiger partial charge in [-0.15, -0.1) is 0 Å². The molecule has 0 aromatic heterocycles. The van der Waals surface area contributed by atoms with Crippen molar-refractivity contribution in [3.63, 3.8) is 0 Å². The Morgan fingerprint density at radius 2 is 2.10 bits per heavy atom. The summed E-state index contributed by atoms with van der Waals surface area (Å²) >= 11 is 0. The van der Waals surface area contributed by atoms with Gasteiger partial charge in [-0.25, -0.2) is 0 Å². The molecule has 0 radical (unpaired) electrons. The molecule has 1 aliphatic heterocycles. The second-order valence-electron chi connectivity index (χ2n) is 9.40. The Bertz CT molecular complexity index is 713. The van der Waals surface area contributed by atoms with Gasteiger partial charge in [0, 0.05) is 12.5 Å². The second-order valence-corrected chi connectivity index (χ2v) is 9.40. The molecule has 3 rings (SSSR count). The van der Waals surface area contributed by atoms with E-state index in [1.165, 1.54) is 13.5 Å². The lowest BCUT2D eigenvalue weighted by Crippen LogP contribution is -2.35. The number of benzene rings is 1. The van der Waals surface area contributed by atoms with E-state index in [2.05, 4.69) is 32.2 Å². The molecular formula is C23H36N2O4. The highest BCUT2D eigenvalue weighted by Crippen LogP contribution is 2.41. The standard InChI is InChI=1S/C23H36N2O4/c1-15-9-17(13-23(2,3)12-15)25-20-11-18(21-14-28-7-8-29-21)16(10-19(20)24)5-6-22(26)27-4/h10-11,15,17,21,25H,5-9,12-14,24H2,1-4H3/t15-,17?,21?/m0/s1. The summed E-state index contributed by atoms with van der Waals surface area (Å²) in [6, 6.07) is 4.48. The van der Waals surface area contributed by atoms with Gasteiger partial charge in [0.05, 0.1) is 38.3 Å². The zero-order chi connectivity index (χ0) is 21.0. The summed E-state index contributed by atoms with van der Waals surface area (Å²) < 4.78 is 16.4. The van der Waals surface area contributed by atoms with Crippen molar-refractivity contribution in [3.8, 4) is 0 Å². The zero-order valence-electron chi connectivity index (χ0n) is 18.3. The van der Waals surface area contributed by atoms with Crippen molar-refractivity contribution in [2.75, 3.05) is 38.0 Å². The average molecular weight is 405 g/mol. The molecule has 3 N–H and O–H groups in total. The number of carbonyl (C=O) groups is 1. The first kappa shape index (κ1) is 21.9. The summed E-state index contributed by atoms with van der Waals surface area (Å²) in [5.41, 5.74) is 10.5. The van der Waals surface area contributed by atoms with Crippen LogP contribution in [0, 0.1) is 11.3 Å². The molecule has 6 heteroatoms. The quantitative estimate of drug-likeness (QED) is 0.549. The van der Waals surface area contributed by atoms with E-state index in [-0.39, 0.29) is 12.1 Å². The van der Waals surface area contributed by atoms with E-state index in [0.29, 0.717) is 55.7 Å². The Hall–Kier alpha value is -1.79. The van der Waals surface area contributed by atoms with Crippen LogP contribution in [0.4, 0.5) is 11.4 Å². The molecule has 2 fully saturated rings. The van der Waals surface area contributed by atoms with Crippen LogP contribution in [0.2, 0.25) is 0 Å². The SMILES string of the molecule is COC(=O)CCc1cc(N)c(NC2C[C@H](C)CC(C)(C)C2)cc1C1COCCO1. The van der Waals surface area contributed by atoms with Crippen LogP contribution in [-0.4, -0.2) is 38.9 Å². The highest BCUT2D eigenvalue weighted by Gasteiger charge is 2.32. The second kappa shape index (κ2) is 9.35. The van der Waals surface area contributed by atoms with Crippen molar-refractivity contribution >= 4 is 17.3 Å². The van der Waals surface area contributed by atoms with Crippen molar-refractivity contribution in [2.24, 2.45) is 11.3 Å². The average Bonchev–Trinajstić information content (AvgIpc) is 2.66. The molecular weight excluding hydrogens is 368 g/mol. The summed E-state index contributed by atoms with van der Waals surface area (Å²) in [5.74, 6) is 0.460. The molecule has 0 amide bonds. The lowest BCUT2D eigenvalue weighted by atomic mass is 9.70. The molecule has 0 spiro atoms. The maximum absolute atomic E-state index is 11.7. The summed E-state index contributed by atoms with van der Waals surface area (Å²) in [6.07, 6.45) is 4.27. The number of rotatable bonds is 6. The van der Waals surface area contributed by atoms with Crippen LogP contribution >= 0.6 is 0 Å². The number of methoxy groups -OCH3 is 1. The first-order valence-corrected chi connectivity index (χ1v) is 10.7. The highest BCUT2D eigenvalue weighted by molar-refractivity contribution is 5.72. The number of aryl methyl sites for hydroxylation is 1. The van der Waals surface area contributed by atoms with Gasteiger partial charge in [0.2, 0.25) is 0 Å². The number of nitrogens with two attached hydrogens (primary N) is 1. The lowest BCUT2D eigenvalue weighted by Gasteiger charge is -2.40. The lowest BCUT2D eigenvalue weighted by molar-refractivity contribution is -0.140. The maximum atomic E-state index is 11.7. The Morgan fingerprint density at radius 1 is 1.31 bits per heavy atom. The summed E-state index contributed by atoms with van der Waals surface area (Å²) in [4.78, 5) is 11.7. The van der Waals surface area contributed by atoms with Crippen LogP contribution < -0.4 is 11.1 Å². The van der Waals surface area contributed by atoms with Gasteiger partial charge in [-0.2, -0.15) is 0 Å². The third-order valence-corrected chi connectivity index (χ3v) is 6.05. The van der Waals surface area contributed by atoms with E-state index in [1.807, 2.05) is 6.07 Å². The molecule has 0 bridgehead atoms. The Labute approximate surface area is 174 Å². The van der Waals surface area contributed by atoms with E-state index in [0.717, 1.165) is 29.7 Å².